The molecule has 0 unspecified atom stereocenters. The third-order valence-electron chi connectivity index (χ3n) is 11.3. The summed E-state index contributed by atoms with van der Waals surface area (Å²) in [6.07, 6.45) is 0. The van der Waals surface area contributed by atoms with Crippen molar-refractivity contribution in [2.24, 2.45) is 0 Å². The van der Waals surface area contributed by atoms with Crippen molar-refractivity contribution in [3.63, 3.8) is 0 Å². The number of nitrogens with zero attached hydrogens (tertiary/aromatic N) is 4. The Morgan fingerprint density at radius 1 is 0.368 bits per heavy atom. The van der Waals surface area contributed by atoms with E-state index in [1.807, 2.05) is 23.5 Å². The van der Waals surface area contributed by atoms with Gasteiger partial charge in [-0.15, -0.1) is 11.3 Å². The smallest absolute Gasteiger partial charge is 0.235 e. The molecule has 0 bridgehead atoms. The molecule has 5 heteroatoms. The summed E-state index contributed by atoms with van der Waals surface area (Å²) in [4.78, 5) is 10.6. The first-order valence-corrected chi connectivity index (χ1v) is 20.1. The molecule has 0 saturated carbocycles. The Balaban J connectivity index is 1.18. The number of rotatable bonds is 5. The lowest BCUT2D eigenvalue weighted by Crippen LogP contribution is -2.04. The maximum absolute atomic E-state index is 5.30. The number of benzene rings is 8. The summed E-state index contributed by atoms with van der Waals surface area (Å²) < 4.78 is 7.33. The first kappa shape index (κ1) is 32.0. The van der Waals surface area contributed by atoms with Gasteiger partial charge in [0.25, 0.3) is 0 Å². The third kappa shape index (κ3) is 4.93. The lowest BCUT2D eigenvalue weighted by molar-refractivity contribution is 0.996. The SMILES string of the molecule is c1ccc(-c2cc(-c3ccccc3)nc(-n3c4ccccc4c4c5c6ccccc6n(-c6cc(-c7ccccc7)c7sc8ccccc8c7c6)c5ccc43)n2)cc1. The van der Waals surface area contributed by atoms with Gasteiger partial charge in [-0.3, -0.25) is 4.57 Å². The van der Waals surface area contributed by atoms with Crippen LogP contribution in [0.5, 0.6) is 0 Å². The molecule has 4 heterocycles. The normalized spacial score (nSPS) is 11.9. The highest BCUT2D eigenvalue weighted by molar-refractivity contribution is 7.26. The van der Waals surface area contributed by atoms with E-state index < -0.39 is 0 Å². The van der Waals surface area contributed by atoms with E-state index in [1.54, 1.807) is 0 Å². The molecule has 12 rings (SSSR count). The van der Waals surface area contributed by atoms with Crippen LogP contribution in [0.3, 0.4) is 0 Å². The largest absolute Gasteiger partial charge is 0.309 e. The standard InChI is InChI=1S/C52H32N4S/c1-4-16-33(17-5-1)40-30-36(31-41-37-22-12-15-27-48(37)57-51(40)41)55-44-25-13-10-23-38(44)49-46(55)28-29-47-50(49)39-24-11-14-26-45(39)56(47)52-53-42(34-18-6-2-7-19-34)32-43(54-52)35-20-8-3-9-21-35/h1-32H. The zero-order valence-electron chi connectivity index (χ0n) is 30.7. The maximum Gasteiger partial charge on any atom is 0.235 e. The van der Waals surface area contributed by atoms with E-state index in [9.17, 15) is 0 Å². The summed E-state index contributed by atoms with van der Waals surface area (Å²) in [5.74, 6) is 0.645. The average molecular weight is 745 g/mol. The highest BCUT2D eigenvalue weighted by atomic mass is 32.1. The summed E-state index contributed by atoms with van der Waals surface area (Å²) in [7, 11) is 0. The van der Waals surface area contributed by atoms with Crippen LogP contribution < -0.4 is 0 Å². The van der Waals surface area contributed by atoms with Crippen molar-refractivity contribution >= 4 is 75.1 Å². The van der Waals surface area contributed by atoms with Crippen molar-refractivity contribution in [2.75, 3.05) is 0 Å². The van der Waals surface area contributed by atoms with Crippen LogP contribution in [0.1, 0.15) is 0 Å². The predicted octanol–water partition coefficient (Wildman–Crippen LogP) is 14.0. The highest BCUT2D eigenvalue weighted by Gasteiger charge is 2.23. The van der Waals surface area contributed by atoms with Gasteiger partial charge in [-0.1, -0.05) is 146 Å². The van der Waals surface area contributed by atoms with Crippen LogP contribution in [0, 0.1) is 0 Å². The van der Waals surface area contributed by atoms with Gasteiger partial charge < -0.3 is 4.57 Å². The molecular formula is C52H32N4S. The van der Waals surface area contributed by atoms with Crippen molar-refractivity contribution in [3.05, 3.63) is 194 Å². The molecule has 0 aliphatic carbocycles. The quantitative estimate of drug-likeness (QED) is 0.176. The van der Waals surface area contributed by atoms with Crippen LogP contribution in [0.25, 0.3) is 109 Å². The lowest BCUT2D eigenvalue weighted by atomic mass is 10.0. The predicted molar refractivity (Wildman–Crippen MR) is 240 cm³/mol. The van der Waals surface area contributed by atoms with E-state index in [1.165, 1.54) is 58.4 Å². The zero-order chi connectivity index (χ0) is 37.5. The molecule has 12 aromatic rings. The molecule has 8 aromatic carbocycles. The topological polar surface area (TPSA) is 35.6 Å². The number of para-hydroxylation sites is 2. The Labute approximate surface area is 332 Å². The van der Waals surface area contributed by atoms with Crippen LogP contribution >= 0.6 is 11.3 Å². The molecule has 57 heavy (non-hydrogen) atoms. The second-order valence-corrected chi connectivity index (χ2v) is 15.6. The fraction of sp³-hybridized carbons (Fsp3) is 0. The van der Waals surface area contributed by atoms with Crippen molar-refractivity contribution in [1.82, 2.24) is 19.1 Å². The Kier molecular flexibility index (Phi) is 7.06. The number of aromatic nitrogens is 4. The monoisotopic (exact) mass is 744 g/mol. The van der Waals surface area contributed by atoms with Gasteiger partial charge in [-0.25, -0.2) is 9.97 Å². The Morgan fingerprint density at radius 3 is 1.47 bits per heavy atom. The van der Waals surface area contributed by atoms with E-state index in [4.69, 9.17) is 9.97 Å². The van der Waals surface area contributed by atoms with Crippen LogP contribution in [0.2, 0.25) is 0 Å². The van der Waals surface area contributed by atoms with Gasteiger partial charge in [-0.05, 0) is 54.1 Å². The number of hydrogen-bond donors (Lipinski definition) is 0. The van der Waals surface area contributed by atoms with Gasteiger partial charge in [0.1, 0.15) is 0 Å². The molecule has 4 aromatic heterocycles. The van der Waals surface area contributed by atoms with E-state index >= 15 is 0 Å². The zero-order valence-corrected chi connectivity index (χ0v) is 31.5. The molecule has 4 nitrogen and oxygen atoms in total. The highest BCUT2D eigenvalue weighted by Crippen LogP contribution is 2.45. The van der Waals surface area contributed by atoms with Crippen LogP contribution in [0.15, 0.2) is 194 Å². The molecule has 0 aliphatic rings. The van der Waals surface area contributed by atoms with Gasteiger partial charge in [0.15, 0.2) is 0 Å². The van der Waals surface area contributed by atoms with Crippen molar-refractivity contribution in [1.29, 1.82) is 0 Å². The fourth-order valence-corrected chi connectivity index (χ4v) is 10.1. The lowest BCUT2D eigenvalue weighted by Gasteiger charge is -2.13. The molecule has 0 aliphatic heterocycles. The van der Waals surface area contributed by atoms with Crippen molar-refractivity contribution < 1.29 is 0 Å². The Morgan fingerprint density at radius 2 is 0.860 bits per heavy atom. The fourth-order valence-electron chi connectivity index (χ4n) is 8.83. The maximum atomic E-state index is 5.30. The number of fused-ring (bicyclic) bond motifs is 10. The molecule has 0 radical (unpaired) electrons. The molecule has 0 spiro atoms. The van der Waals surface area contributed by atoms with Crippen LogP contribution in [-0.2, 0) is 0 Å². The molecule has 0 atom stereocenters. The number of hydrogen-bond acceptors (Lipinski definition) is 3. The van der Waals surface area contributed by atoms with E-state index in [2.05, 4.69) is 191 Å². The Bertz CT molecular complexity index is 3450. The van der Waals surface area contributed by atoms with Crippen molar-refractivity contribution in [3.8, 4) is 45.3 Å². The first-order chi connectivity index (χ1) is 28.3. The molecule has 0 N–H and O–H groups in total. The van der Waals surface area contributed by atoms with Gasteiger partial charge in [0.2, 0.25) is 5.95 Å². The third-order valence-corrected chi connectivity index (χ3v) is 12.6. The van der Waals surface area contributed by atoms with Crippen LogP contribution in [0.4, 0.5) is 0 Å². The molecule has 0 saturated heterocycles. The summed E-state index contributed by atoms with van der Waals surface area (Å²) in [6.45, 7) is 0. The summed E-state index contributed by atoms with van der Waals surface area (Å²) >= 11 is 1.88. The summed E-state index contributed by atoms with van der Waals surface area (Å²) in [5, 5.41) is 7.35. The van der Waals surface area contributed by atoms with Gasteiger partial charge in [0, 0.05) is 64.1 Å². The first-order valence-electron chi connectivity index (χ1n) is 19.3. The van der Waals surface area contributed by atoms with Gasteiger partial charge in [-0.2, -0.15) is 0 Å². The number of thiophene rings is 1. The van der Waals surface area contributed by atoms with E-state index in [0.29, 0.717) is 5.95 Å². The molecule has 0 amide bonds. The average Bonchev–Trinajstić information content (AvgIpc) is 3.94. The summed E-state index contributed by atoms with van der Waals surface area (Å²) in [5.41, 5.74) is 11.9. The second-order valence-electron chi connectivity index (χ2n) is 14.6. The molecule has 0 fully saturated rings. The molecule has 266 valence electrons. The second kappa shape index (κ2) is 12.6. The van der Waals surface area contributed by atoms with Crippen molar-refractivity contribution in [2.45, 2.75) is 0 Å². The molecular weight excluding hydrogens is 713 g/mol. The van der Waals surface area contributed by atoms with Gasteiger partial charge >= 0.3 is 0 Å². The minimum atomic E-state index is 0.645. The minimum absolute atomic E-state index is 0.645. The van der Waals surface area contributed by atoms with E-state index in [0.717, 1.165) is 44.8 Å². The minimum Gasteiger partial charge on any atom is -0.309 e. The summed E-state index contributed by atoms with van der Waals surface area (Å²) in [6, 6.07) is 69.4. The van der Waals surface area contributed by atoms with Gasteiger partial charge in [0.05, 0.1) is 33.5 Å². The van der Waals surface area contributed by atoms with E-state index in [-0.39, 0.29) is 0 Å². The van der Waals surface area contributed by atoms with Crippen LogP contribution in [-0.4, -0.2) is 19.1 Å². The Hall–Kier alpha value is -7.34.